The van der Waals surface area contributed by atoms with Gasteiger partial charge in [0, 0.05) is 49.4 Å². The Bertz CT molecular complexity index is 1070. The Morgan fingerprint density at radius 2 is 1.94 bits per heavy atom. The first-order valence-electron chi connectivity index (χ1n) is 10.6. The molecule has 2 aromatic heterocycles. The van der Waals surface area contributed by atoms with Crippen LogP contribution in [0.2, 0.25) is 0 Å². The quantitative estimate of drug-likeness (QED) is 0.592. The second-order valence-electron chi connectivity index (χ2n) is 7.76. The molecule has 1 aromatic carbocycles. The van der Waals surface area contributed by atoms with Crippen molar-refractivity contribution in [3.8, 4) is 17.0 Å². The molecule has 2 amide bonds. The number of hydrogen-bond acceptors (Lipinski definition) is 6. The number of aryl methyl sites for hydroxylation is 1. The van der Waals surface area contributed by atoms with E-state index < -0.39 is 0 Å². The number of nitrogens with zero attached hydrogens (tertiary/aromatic N) is 4. The van der Waals surface area contributed by atoms with Gasteiger partial charge >= 0.3 is 0 Å². The number of para-hydroxylation sites is 1. The highest BCUT2D eigenvalue weighted by Crippen LogP contribution is 2.32. The van der Waals surface area contributed by atoms with E-state index in [1.54, 1.807) is 11.8 Å². The van der Waals surface area contributed by atoms with Gasteiger partial charge in [0.25, 0.3) is 5.91 Å². The van der Waals surface area contributed by atoms with Gasteiger partial charge < -0.3 is 14.5 Å². The largest absolute Gasteiger partial charge is 0.484 e. The SMILES string of the molecule is CC(=O)N1CCC(c2nc(-c3ccc(C)nc3)cs2)N(C(=O)COc2ccccc2)CC1. The van der Waals surface area contributed by atoms with Crippen LogP contribution in [-0.4, -0.2) is 57.8 Å². The Balaban J connectivity index is 1.55. The van der Waals surface area contributed by atoms with Gasteiger partial charge in [-0.2, -0.15) is 0 Å². The molecule has 1 atom stereocenters. The van der Waals surface area contributed by atoms with Crippen LogP contribution in [0.3, 0.4) is 0 Å². The van der Waals surface area contributed by atoms with Gasteiger partial charge in [-0.3, -0.25) is 14.6 Å². The summed E-state index contributed by atoms with van der Waals surface area (Å²) in [5.41, 5.74) is 2.74. The summed E-state index contributed by atoms with van der Waals surface area (Å²) in [6, 6.07) is 13.1. The molecule has 0 spiro atoms. The van der Waals surface area contributed by atoms with Gasteiger partial charge in [0.05, 0.1) is 11.7 Å². The molecule has 1 fully saturated rings. The van der Waals surface area contributed by atoms with Crippen molar-refractivity contribution in [2.45, 2.75) is 26.3 Å². The van der Waals surface area contributed by atoms with Crippen molar-refractivity contribution in [1.82, 2.24) is 19.8 Å². The van der Waals surface area contributed by atoms with Crippen LogP contribution in [-0.2, 0) is 9.59 Å². The van der Waals surface area contributed by atoms with Gasteiger partial charge in [-0.05, 0) is 37.6 Å². The van der Waals surface area contributed by atoms with E-state index in [1.807, 2.05) is 65.9 Å². The Morgan fingerprint density at radius 1 is 1.12 bits per heavy atom. The van der Waals surface area contributed by atoms with Gasteiger partial charge in [0.2, 0.25) is 5.91 Å². The normalized spacial score (nSPS) is 16.5. The average Bonchev–Trinajstić information content (AvgIpc) is 3.17. The van der Waals surface area contributed by atoms with Crippen LogP contribution < -0.4 is 4.74 Å². The second-order valence-corrected chi connectivity index (χ2v) is 8.65. The summed E-state index contributed by atoms with van der Waals surface area (Å²) >= 11 is 1.53. The molecule has 0 N–H and O–H groups in total. The fourth-order valence-electron chi connectivity index (χ4n) is 3.74. The molecule has 1 aliphatic heterocycles. The minimum absolute atomic E-state index is 0.0177. The third kappa shape index (κ3) is 5.13. The summed E-state index contributed by atoms with van der Waals surface area (Å²) in [5, 5.41) is 2.86. The van der Waals surface area contributed by atoms with Crippen LogP contribution >= 0.6 is 11.3 Å². The number of hydrogen-bond donors (Lipinski definition) is 0. The van der Waals surface area contributed by atoms with Crippen molar-refractivity contribution in [3.05, 3.63) is 64.7 Å². The highest BCUT2D eigenvalue weighted by Gasteiger charge is 2.32. The molecule has 4 rings (SSSR count). The Kier molecular flexibility index (Phi) is 6.80. The zero-order valence-electron chi connectivity index (χ0n) is 18.2. The molecular formula is C24H26N4O3S. The summed E-state index contributed by atoms with van der Waals surface area (Å²) in [5.74, 6) is 0.558. The molecule has 0 radical (unpaired) electrons. The summed E-state index contributed by atoms with van der Waals surface area (Å²) < 4.78 is 5.71. The maximum atomic E-state index is 13.2. The Morgan fingerprint density at radius 3 is 2.66 bits per heavy atom. The van der Waals surface area contributed by atoms with Crippen LogP contribution in [0.5, 0.6) is 5.75 Å². The molecule has 1 unspecified atom stereocenters. The first-order chi connectivity index (χ1) is 15.5. The summed E-state index contributed by atoms with van der Waals surface area (Å²) in [4.78, 5) is 37.9. The van der Waals surface area contributed by atoms with Crippen LogP contribution in [0.15, 0.2) is 54.0 Å². The molecule has 1 aliphatic rings. The number of carbonyl (C=O) groups is 2. The molecular weight excluding hydrogens is 424 g/mol. The number of pyridine rings is 1. The third-order valence-corrected chi connectivity index (χ3v) is 6.49. The van der Waals surface area contributed by atoms with E-state index in [0.29, 0.717) is 31.8 Å². The van der Waals surface area contributed by atoms with E-state index in [1.165, 1.54) is 11.3 Å². The first kappa shape index (κ1) is 22.0. The molecule has 1 saturated heterocycles. The lowest BCUT2D eigenvalue weighted by Gasteiger charge is -2.28. The number of ether oxygens (including phenoxy) is 1. The minimum Gasteiger partial charge on any atom is -0.484 e. The van der Waals surface area contributed by atoms with E-state index in [-0.39, 0.29) is 24.5 Å². The second kappa shape index (κ2) is 9.91. The average molecular weight is 451 g/mol. The monoisotopic (exact) mass is 450 g/mol. The number of benzene rings is 1. The van der Waals surface area contributed by atoms with E-state index in [4.69, 9.17) is 9.72 Å². The number of amides is 2. The maximum absolute atomic E-state index is 13.2. The standard InChI is InChI=1S/C24H26N4O3S/c1-17-8-9-19(14-25-17)21-16-32-24(26-21)22-10-11-27(18(2)29)12-13-28(22)23(30)15-31-20-6-4-3-5-7-20/h3-9,14,16,22H,10-13,15H2,1-2H3. The van der Waals surface area contributed by atoms with Crippen molar-refractivity contribution in [2.75, 3.05) is 26.2 Å². The molecule has 7 nitrogen and oxygen atoms in total. The molecule has 0 aliphatic carbocycles. The maximum Gasteiger partial charge on any atom is 0.261 e. The lowest BCUT2D eigenvalue weighted by molar-refractivity contribution is -0.136. The van der Waals surface area contributed by atoms with E-state index in [2.05, 4.69) is 4.98 Å². The topological polar surface area (TPSA) is 75.6 Å². The molecule has 0 bridgehead atoms. The summed E-state index contributed by atoms with van der Waals surface area (Å²) in [7, 11) is 0. The molecule has 3 aromatic rings. The predicted molar refractivity (Wildman–Crippen MR) is 123 cm³/mol. The molecule has 32 heavy (non-hydrogen) atoms. The van der Waals surface area contributed by atoms with E-state index in [9.17, 15) is 9.59 Å². The van der Waals surface area contributed by atoms with Crippen LogP contribution in [0, 0.1) is 6.92 Å². The number of thiazole rings is 1. The molecule has 3 heterocycles. The molecule has 8 heteroatoms. The third-order valence-electron chi connectivity index (χ3n) is 5.54. The van der Waals surface area contributed by atoms with Crippen molar-refractivity contribution in [1.29, 1.82) is 0 Å². The van der Waals surface area contributed by atoms with Crippen LogP contribution in [0.25, 0.3) is 11.3 Å². The van der Waals surface area contributed by atoms with Crippen LogP contribution in [0.1, 0.15) is 30.1 Å². The van der Waals surface area contributed by atoms with Crippen molar-refractivity contribution in [3.63, 3.8) is 0 Å². The minimum atomic E-state index is -0.205. The van der Waals surface area contributed by atoms with Gasteiger partial charge in [0.1, 0.15) is 10.8 Å². The zero-order valence-corrected chi connectivity index (χ0v) is 19.0. The van der Waals surface area contributed by atoms with Gasteiger partial charge in [0.15, 0.2) is 6.61 Å². The van der Waals surface area contributed by atoms with Crippen molar-refractivity contribution in [2.24, 2.45) is 0 Å². The van der Waals surface area contributed by atoms with E-state index in [0.717, 1.165) is 22.0 Å². The lowest BCUT2D eigenvalue weighted by Crippen LogP contribution is -2.40. The fourth-order valence-corrected chi connectivity index (χ4v) is 4.71. The van der Waals surface area contributed by atoms with Gasteiger partial charge in [-0.1, -0.05) is 18.2 Å². The number of carbonyl (C=O) groups excluding carboxylic acids is 2. The summed E-state index contributed by atoms with van der Waals surface area (Å²) in [6.07, 6.45) is 2.45. The zero-order chi connectivity index (χ0) is 22.5. The van der Waals surface area contributed by atoms with Gasteiger partial charge in [-0.25, -0.2) is 4.98 Å². The highest BCUT2D eigenvalue weighted by atomic mass is 32.1. The van der Waals surface area contributed by atoms with Gasteiger partial charge in [-0.15, -0.1) is 11.3 Å². The fraction of sp³-hybridized carbons (Fsp3) is 0.333. The number of rotatable bonds is 5. The molecule has 0 saturated carbocycles. The van der Waals surface area contributed by atoms with E-state index >= 15 is 0 Å². The first-order valence-corrected chi connectivity index (χ1v) is 11.5. The highest BCUT2D eigenvalue weighted by molar-refractivity contribution is 7.10. The molecule has 166 valence electrons. The number of aromatic nitrogens is 2. The van der Waals surface area contributed by atoms with Crippen molar-refractivity contribution >= 4 is 23.2 Å². The summed E-state index contributed by atoms with van der Waals surface area (Å²) in [6.45, 7) is 5.00. The lowest BCUT2D eigenvalue weighted by atomic mass is 10.1. The smallest absolute Gasteiger partial charge is 0.261 e. The Labute approximate surface area is 191 Å². The Hall–Kier alpha value is -3.26. The van der Waals surface area contributed by atoms with Crippen molar-refractivity contribution < 1.29 is 14.3 Å². The van der Waals surface area contributed by atoms with Crippen LogP contribution in [0.4, 0.5) is 0 Å². The predicted octanol–water partition coefficient (Wildman–Crippen LogP) is 3.71.